The molecule has 2 N–H and O–H groups in total. The summed E-state index contributed by atoms with van der Waals surface area (Å²) in [5.74, 6) is 1.75. The maximum atomic E-state index is 4.47. The number of nitrogens with zero attached hydrogens (tertiary/aromatic N) is 4. The van der Waals surface area contributed by atoms with Gasteiger partial charge in [0.05, 0.1) is 6.54 Å². The van der Waals surface area contributed by atoms with Gasteiger partial charge in [0.25, 0.3) is 0 Å². The molecule has 0 atom stereocenters. The fourth-order valence-corrected chi connectivity index (χ4v) is 1.89. The normalized spacial score (nSPS) is 16.2. The molecule has 6 heteroatoms. The van der Waals surface area contributed by atoms with Crippen molar-refractivity contribution < 1.29 is 0 Å². The highest BCUT2D eigenvalue weighted by Gasteiger charge is 2.30. The van der Waals surface area contributed by atoms with Crippen LogP contribution < -0.4 is 10.6 Å². The standard InChI is InChI=1S/C13H26N6.C2H6/c1-7-15-10(14-6)12(2,3)18-19-13(4,5)11-16-8-9-17-11;1-2/h7-9H2,1-6H3,(H,14,15)(H,16,17);1-2H3. The number of azo groups is 1. The van der Waals surface area contributed by atoms with E-state index in [1.165, 1.54) is 0 Å². The highest BCUT2D eigenvalue weighted by Crippen LogP contribution is 2.18. The van der Waals surface area contributed by atoms with Gasteiger partial charge in [-0.15, -0.1) is 0 Å². The van der Waals surface area contributed by atoms with E-state index in [1.54, 1.807) is 7.05 Å². The van der Waals surface area contributed by atoms with Crippen LogP contribution in [-0.2, 0) is 0 Å². The number of hydrogen-bond donors (Lipinski definition) is 2. The SMILES string of the molecule is CC.CCNC(=NC)C(C)(C)N=NC(C)(C)C1=NCCN1. The molecule has 122 valence electrons. The number of aliphatic imine (C=N–C) groups is 2. The van der Waals surface area contributed by atoms with Crippen molar-refractivity contribution in [1.29, 1.82) is 0 Å². The molecule has 1 heterocycles. The Bertz CT molecular complexity index is 393. The zero-order valence-electron chi connectivity index (χ0n) is 14.9. The fraction of sp³-hybridized carbons (Fsp3) is 0.867. The van der Waals surface area contributed by atoms with Gasteiger partial charge in [0.2, 0.25) is 0 Å². The third-order valence-electron chi connectivity index (χ3n) is 2.95. The Morgan fingerprint density at radius 1 is 1.24 bits per heavy atom. The lowest BCUT2D eigenvalue weighted by Crippen LogP contribution is -2.42. The molecule has 0 saturated heterocycles. The van der Waals surface area contributed by atoms with Crippen molar-refractivity contribution in [3.63, 3.8) is 0 Å². The Labute approximate surface area is 129 Å². The molecule has 0 saturated carbocycles. The van der Waals surface area contributed by atoms with Crippen LogP contribution in [0.1, 0.15) is 48.5 Å². The first kappa shape index (κ1) is 19.5. The van der Waals surface area contributed by atoms with Crippen LogP contribution in [0.4, 0.5) is 0 Å². The molecule has 0 aromatic rings. The average molecular weight is 296 g/mol. The molecule has 0 fully saturated rings. The maximum Gasteiger partial charge on any atom is 0.133 e. The second-order valence-electron chi connectivity index (χ2n) is 5.58. The minimum Gasteiger partial charge on any atom is -0.372 e. The van der Waals surface area contributed by atoms with Crippen LogP contribution in [0.2, 0.25) is 0 Å². The van der Waals surface area contributed by atoms with Gasteiger partial charge in [-0.1, -0.05) is 13.8 Å². The molecule has 0 unspecified atom stereocenters. The number of hydrogen-bond acceptors (Lipinski definition) is 5. The first-order chi connectivity index (χ1) is 9.83. The predicted molar refractivity (Wildman–Crippen MR) is 91.7 cm³/mol. The van der Waals surface area contributed by atoms with Gasteiger partial charge in [-0.05, 0) is 34.6 Å². The molecule has 0 amide bonds. The first-order valence-electron chi connectivity index (χ1n) is 7.77. The van der Waals surface area contributed by atoms with E-state index in [4.69, 9.17) is 0 Å². The van der Waals surface area contributed by atoms with Gasteiger partial charge in [-0.25, -0.2) is 0 Å². The molecular formula is C15H32N6. The van der Waals surface area contributed by atoms with E-state index in [-0.39, 0.29) is 0 Å². The van der Waals surface area contributed by atoms with Crippen LogP contribution in [0.3, 0.4) is 0 Å². The Hall–Kier alpha value is -1.46. The minimum atomic E-state index is -0.457. The lowest BCUT2D eigenvalue weighted by molar-refractivity contribution is 0.549. The van der Waals surface area contributed by atoms with E-state index in [0.717, 1.165) is 31.3 Å². The minimum absolute atomic E-state index is 0.418. The summed E-state index contributed by atoms with van der Waals surface area (Å²) in [4.78, 5) is 8.67. The average Bonchev–Trinajstić information content (AvgIpc) is 3.00. The number of nitrogens with one attached hydrogen (secondary N) is 2. The number of likely N-dealkylation sites (N-methyl/N-ethyl adjacent to an activating group) is 1. The molecular weight excluding hydrogens is 264 g/mol. The van der Waals surface area contributed by atoms with E-state index in [2.05, 4.69) is 30.8 Å². The second kappa shape index (κ2) is 8.74. The summed E-state index contributed by atoms with van der Waals surface area (Å²) in [5.41, 5.74) is -0.875. The Balaban J connectivity index is 0.00000191. The van der Waals surface area contributed by atoms with Gasteiger partial charge >= 0.3 is 0 Å². The lowest BCUT2D eigenvalue weighted by Gasteiger charge is -2.25. The summed E-state index contributed by atoms with van der Waals surface area (Å²) in [7, 11) is 1.77. The molecule has 0 aromatic heterocycles. The molecule has 1 aliphatic heterocycles. The summed E-state index contributed by atoms with van der Waals surface area (Å²) in [6, 6.07) is 0. The van der Waals surface area contributed by atoms with Crippen LogP contribution in [0, 0.1) is 0 Å². The van der Waals surface area contributed by atoms with Crippen LogP contribution in [-0.4, -0.2) is 49.4 Å². The van der Waals surface area contributed by atoms with Gasteiger partial charge in [0.15, 0.2) is 0 Å². The Morgan fingerprint density at radius 2 is 1.86 bits per heavy atom. The van der Waals surface area contributed by atoms with Crippen molar-refractivity contribution in [2.75, 3.05) is 26.7 Å². The molecule has 1 rings (SSSR count). The molecule has 21 heavy (non-hydrogen) atoms. The Morgan fingerprint density at radius 3 is 2.29 bits per heavy atom. The van der Waals surface area contributed by atoms with E-state index >= 15 is 0 Å². The lowest BCUT2D eigenvalue weighted by atomic mass is 10.0. The topological polar surface area (TPSA) is 73.5 Å². The van der Waals surface area contributed by atoms with E-state index in [1.807, 2.05) is 48.5 Å². The zero-order chi connectivity index (χ0) is 16.5. The Kier molecular flexibility index (Phi) is 8.14. The highest BCUT2D eigenvalue weighted by atomic mass is 15.2. The van der Waals surface area contributed by atoms with Gasteiger partial charge in [0, 0.05) is 20.1 Å². The summed E-state index contributed by atoms with van der Waals surface area (Å²) in [6.45, 7) is 16.6. The molecule has 1 aliphatic rings. The van der Waals surface area contributed by atoms with Gasteiger partial charge in [0.1, 0.15) is 22.7 Å². The van der Waals surface area contributed by atoms with Crippen LogP contribution in [0.25, 0.3) is 0 Å². The van der Waals surface area contributed by atoms with Gasteiger partial charge in [-0.3, -0.25) is 9.98 Å². The largest absolute Gasteiger partial charge is 0.372 e. The summed E-state index contributed by atoms with van der Waals surface area (Å²) in [6.07, 6.45) is 0. The van der Waals surface area contributed by atoms with Crippen molar-refractivity contribution in [3.8, 4) is 0 Å². The van der Waals surface area contributed by atoms with E-state index in [0.29, 0.717) is 0 Å². The number of rotatable bonds is 5. The van der Waals surface area contributed by atoms with Crippen molar-refractivity contribution >= 4 is 11.7 Å². The third-order valence-corrected chi connectivity index (χ3v) is 2.95. The molecule has 6 nitrogen and oxygen atoms in total. The van der Waals surface area contributed by atoms with Gasteiger partial charge in [-0.2, -0.15) is 10.2 Å². The fourth-order valence-electron chi connectivity index (χ4n) is 1.89. The van der Waals surface area contributed by atoms with Crippen LogP contribution in [0.5, 0.6) is 0 Å². The second-order valence-corrected chi connectivity index (χ2v) is 5.58. The van der Waals surface area contributed by atoms with Crippen molar-refractivity contribution in [1.82, 2.24) is 10.6 Å². The van der Waals surface area contributed by atoms with Crippen LogP contribution in [0.15, 0.2) is 20.2 Å². The summed E-state index contributed by atoms with van der Waals surface area (Å²) in [5, 5.41) is 15.4. The first-order valence-corrected chi connectivity index (χ1v) is 7.77. The maximum absolute atomic E-state index is 4.47. The predicted octanol–water partition coefficient (Wildman–Crippen LogP) is 2.66. The quantitative estimate of drug-likeness (QED) is 0.465. The smallest absolute Gasteiger partial charge is 0.133 e. The zero-order valence-corrected chi connectivity index (χ0v) is 14.9. The van der Waals surface area contributed by atoms with E-state index in [9.17, 15) is 0 Å². The van der Waals surface area contributed by atoms with Crippen molar-refractivity contribution in [2.24, 2.45) is 20.2 Å². The molecule has 0 radical (unpaired) electrons. The highest BCUT2D eigenvalue weighted by molar-refractivity contribution is 5.92. The number of amidine groups is 2. The van der Waals surface area contributed by atoms with Crippen molar-refractivity contribution in [3.05, 3.63) is 0 Å². The van der Waals surface area contributed by atoms with Crippen LogP contribution >= 0.6 is 0 Å². The molecule has 0 spiro atoms. The summed E-state index contributed by atoms with van der Waals surface area (Å²) < 4.78 is 0. The third kappa shape index (κ3) is 5.81. The monoisotopic (exact) mass is 296 g/mol. The summed E-state index contributed by atoms with van der Waals surface area (Å²) >= 11 is 0. The van der Waals surface area contributed by atoms with E-state index < -0.39 is 11.1 Å². The molecule has 0 aromatic carbocycles. The van der Waals surface area contributed by atoms with Crippen molar-refractivity contribution in [2.45, 2.75) is 59.5 Å². The molecule has 0 bridgehead atoms. The van der Waals surface area contributed by atoms with Gasteiger partial charge < -0.3 is 10.6 Å². The molecule has 0 aliphatic carbocycles.